The zero-order valence-corrected chi connectivity index (χ0v) is 12.5. The van der Waals surface area contributed by atoms with E-state index in [1.807, 2.05) is 0 Å². The van der Waals surface area contributed by atoms with Crippen LogP contribution in [0.2, 0.25) is 0 Å². The molecule has 2 rings (SSSR count). The first-order valence-corrected chi connectivity index (χ1v) is 7.30. The van der Waals surface area contributed by atoms with Crippen molar-refractivity contribution in [1.29, 1.82) is 0 Å². The van der Waals surface area contributed by atoms with Gasteiger partial charge in [0.05, 0.1) is 10.6 Å². The van der Waals surface area contributed by atoms with Gasteiger partial charge in [-0.15, -0.1) is 0 Å². The number of nitro benzene ring substituents is 1. The van der Waals surface area contributed by atoms with Gasteiger partial charge >= 0.3 is 0 Å². The second-order valence-electron chi connectivity index (χ2n) is 4.87. The Kier molecular flexibility index (Phi) is 5.08. The van der Waals surface area contributed by atoms with Crippen molar-refractivity contribution in [2.75, 3.05) is 18.4 Å². The second kappa shape index (κ2) is 6.81. The van der Waals surface area contributed by atoms with Gasteiger partial charge in [-0.1, -0.05) is 0 Å². The van der Waals surface area contributed by atoms with Crippen molar-refractivity contribution >= 4 is 33.2 Å². The summed E-state index contributed by atoms with van der Waals surface area (Å²) in [6.45, 7) is 1.92. The zero-order chi connectivity index (χ0) is 14.5. The molecule has 0 saturated carbocycles. The van der Waals surface area contributed by atoms with E-state index in [9.17, 15) is 14.9 Å². The highest BCUT2D eigenvalue weighted by atomic mass is 79.9. The first-order chi connectivity index (χ1) is 9.56. The fourth-order valence-corrected chi connectivity index (χ4v) is 2.73. The molecule has 0 atom stereocenters. The molecule has 0 aromatic heterocycles. The van der Waals surface area contributed by atoms with Crippen molar-refractivity contribution in [3.05, 3.63) is 32.8 Å². The number of nitro groups is 1. The van der Waals surface area contributed by atoms with Crippen molar-refractivity contribution in [2.45, 2.75) is 19.3 Å². The number of nitrogens with zero attached hydrogens (tertiary/aromatic N) is 1. The number of piperidine rings is 1. The number of nitrogens with one attached hydrogen (secondary N) is 2. The molecule has 1 fully saturated rings. The fourth-order valence-electron chi connectivity index (χ4n) is 2.27. The van der Waals surface area contributed by atoms with Crippen molar-refractivity contribution in [3.63, 3.8) is 0 Å². The largest absolute Gasteiger partial charge is 0.325 e. The van der Waals surface area contributed by atoms with Crippen molar-refractivity contribution in [2.24, 2.45) is 5.92 Å². The topological polar surface area (TPSA) is 84.3 Å². The molecule has 1 aromatic carbocycles. The van der Waals surface area contributed by atoms with Gasteiger partial charge in [0.1, 0.15) is 0 Å². The number of hydrogen-bond acceptors (Lipinski definition) is 4. The monoisotopic (exact) mass is 341 g/mol. The average Bonchev–Trinajstić information content (AvgIpc) is 2.42. The molecule has 1 amide bonds. The zero-order valence-electron chi connectivity index (χ0n) is 10.9. The smallest absolute Gasteiger partial charge is 0.270 e. The van der Waals surface area contributed by atoms with Crippen LogP contribution in [0.4, 0.5) is 11.4 Å². The fraction of sp³-hybridized carbons (Fsp3) is 0.462. The lowest BCUT2D eigenvalue weighted by molar-refractivity contribution is -0.384. The molecule has 1 aromatic rings. The summed E-state index contributed by atoms with van der Waals surface area (Å²) >= 11 is 3.24. The number of non-ortho nitro benzene ring substituents is 1. The number of halogens is 1. The highest BCUT2D eigenvalue weighted by molar-refractivity contribution is 9.10. The maximum absolute atomic E-state index is 12.0. The summed E-state index contributed by atoms with van der Waals surface area (Å²) in [6, 6.07) is 4.31. The van der Waals surface area contributed by atoms with Crippen LogP contribution in [-0.2, 0) is 4.79 Å². The van der Waals surface area contributed by atoms with Gasteiger partial charge in [0.2, 0.25) is 5.91 Å². The van der Waals surface area contributed by atoms with E-state index in [0.29, 0.717) is 22.5 Å². The minimum atomic E-state index is -0.467. The first-order valence-electron chi connectivity index (χ1n) is 6.51. The minimum Gasteiger partial charge on any atom is -0.325 e. The van der Waals surface area contributed by atoms with Crippen LogP contribution < -0.4 is 10.6 Å². The average molecular weight is 342 g/mol. The molecule has 0 radical (unpaired) electrons. The third-order valence-corrected chi connectivity index (χ3v) is 4.03. The van der Waals surface area contributed by atoms with Gasteiger partial charge in [0.25, 0.3) is 5.69 Å². The van der Waals surface area contributed by atoms with E-state index in [0.717, 1.165) is 25.9 Å². The summed E-state index contributed by atoms with van der Waals surface area (Å²) in [6.07, 6.45) is 2.51. The molecule has 20 heavy (non-hydrogen) atoms. The number of anilines is 1. The van der Waals surface area contributed by atoms with Crippen LogP contribution in [0.1, 0.15) is 19.3 Å². The highest BCUT2D eigenvalue weighted by Crippen LogP contribution is 2.27. The highest BCUT2D eigenvalue weighted by Gasteiger charge is 2.18. The third-order valence-electron chi connectivity index (χ3n) is 3.37. The predicted octanol–water partition coefficient (Wildman–Crippen LogP) is 2.69. The van der Waals surface area contributed by atoms with Crippen molar-refractivity contribution in [1.82, 2.24) is 5.32 Å². The summed E-state index contributed by atoms with van der Waals surface area (Å²) in [5, 5.41) is 16.7. The summed E-state index contributed by atoms with van der Waals surface area (Å²) in [5.41, 5.74) is 0.558. The molecule has 1 aliphatic heterocycles. The minimum absolute atomic E-state index is 0.00627. The Labute approximate surface area is 125 Å². The first kappa shape index (κ1) is 14.9. The molecular weight excluding hydrogens is 326 g/mol. The van der Waals surface area contributed by atoms with Crippen LogP contribution in [0.15, 0.2) is 22.7 Å². The molecule has 0 bridgehead atoms. The number of carbonyl (C=O) groups excluding carboxylic acids is 1. The van der Waals surface area contributed by atoms with Gasteiger partial charge in [-0.3, -0.25) is 14.9 Å². The maximum atomic E-state index is 12.0. The Balaban J connectivity index is 1.95. The Morgan fingerprint density at radius 1 is 1.45 bits per heavy atom. The molecule has 0 aliphatic carbocycles. The third kappa shape index (κ3) is 4.01. The van der Waals surface area contributed by atoms with Crippen LogP contribution >= 0.6 is 15.9 Å². The molecule has 6 nitrogen and oxygen atoms in total. The lowest BCUT2D eigenvalue weighted by Crippen LogP contribution is -2.30. The summed E-state index contributed by atoms with van der Waals surface area (Å²) in [5.74, 6) is 0.361. The molecule has 0 unspecified atom stereocenters. The van der Waals surface area contributed by atoms with Crippen LogP contribution in [0, 0.1) is 16.0 Å². The van der Waals surface area contributed by atoms with E-state index in [-0.39, 0.29) is 11.6 Å². The Morgan fingerprint density at radius 2 is 2.15 bits per heavy atom. The van der Waals surface area contributed by atoms with Gasteiger partial charge < -0.3 is 10.6 Å². The quantitative estimate of drug-likeness (QED) is 0.651. The standard InChI is InChI=1S/C13H16BrN3O3/c14-11-8-10(17(19)20)1-2-12(11)16-13(18)7-9-3-5-15-6-4-9/h1-2,8-9,15H,3-7H2,(H,16,18). The maximum Gasteiger partial charge on any atom is 0.270 e. The predicted molar refractivity (Wildman–Crippen MR) is 79.6 cm³/mol. The number of amides is 1. The van der Waals surface area contributed by atoms with E-state index in [1.165, 1.54) is 12.1 Å². The lowest BCUT2D eigenvalue weighted by atomic mass is 9.94. The van der Waals surface area contributed by atoms with Gasteiger partial charge in [-0.05, 0) is 53.8 Å². The van der Waals surface area contributed by atoms with Crippen molar-refractivity contribution < 1.29 is 9.72 Å². The summed E-state index contributed by atoms with van der Waals surface area (Å²) < 4.78 is 0.519. The number of rotatable bonds is 4. The van der Waals surface area contributed by atoms with Crippen LogP contribution in [0.5, 0.6) is 0 Å². The van der Waals surface area contributed by atoms with E-state index in [1.54, 1.807) is 6.07 Å². The Bertz CT molecular complexity index is 516. The van der Waals surface area contributed by atoms with Gasteiger partial charge in [0, 0.05) is 23.0 Å². The molecule has 1 saturated heterocycles. The SMILES string of the molecule is O=C(CC1CCNCC1)Nc1ccc([N+](=O)[O-])cc1Br. The van der Waals surface area contributed by atoms with Crippen LogP contribution in [0.25, 0.3) is 0 Å². The lowest BCUT2D eigenvalue weighted by Gasteiger charge is -2.22. The second-order valence-corrected chi connectivity index (χ2v) is 5.72. The van der Waals surface area contributed by atoms with Gasteiger partial charge in [-0.25, -0.2) is 0 Å². The molecule has 1 aliphatic rings. The van der Waals surface area contributed by atoms with Gasteiger partial charge in [0.15, 0.2) is 0 Å². The van der Waals surface area contributed by atoms with E-state index in [2.05, 4.69) is 26.6 Å². The summed E-state index contributed by atoms with van der Waals surface area (Å²) in [7, 11) is 0. The molecule has 1 heterocycles. The molecule has 108 valence electrons. The van der Waals surface area contributed by atoms with Crippen LogP contribution in [-0.4, -0.2) is 23.9 Å². The Hall–Kier alpha value is -1.47. The summed E-state index contributed by atoms with van der Waals surface area (Å²) in [4.78, 5) is 22.1. The number of hydrogen-bond donors (Lipinski definition) is 2. The van der Waals surface area contributed by atoms with E-state index < -0.39 is 4.92 Å². The van der Waals surface area contributed by atoms with Gasteiger partial charge in [-0.2, -0.15) is 0 Å². The molecule has 7 heteroatoms. The number of carbonyl (C=O) groups is 1. The normalized spacial score (nSPS) is 15.8. The van der Waals surface area contributed by atoms with Crippen molar-refractivity contribution in [3.8, 4) is 0 Å². The number of benzene rings is 1. The molecule has 0 spiro atoms. The molecular formula is C13H16BrN3O3. The molecule has 2 N–H and O–H groups in total. The van der Waals surface area contributed by atoms with E-state index >= 15 is 0 Å². The Morgan fingerprint density at radius 3 is 2.75 bits per heavy atom. The van der Waals surface area contributed by atoms with Crippen LogP contribution in [0.3, 0.4) is 0 Å². The van der Waals surface area contributed by atoms with E-state index in [4.69, 9.17) is 0 Å².